The molecular weight excluding hydrogens is 410 g/mol. The summed E-state index contributed by atoms with van der Waals surface area (Å²) in [6.45, 7) is 4.10. The molecule has 3 aromatic rings. The van der Waals surface area contributed by atoms with Crippen molar-refractivity contribution < 1.29 is 14.9 Å². The van der Waals surface area contributed by atoms with Crippen LogP contribution >= 0.6 is 0 Å². The highest BCUT2D eigenvalue weighted by molar-refractivity contribution is 5.48. The van der Waals surface area contributed by atoms with E-state index in [-0.39, 0.29) is 5.92 Å². The maximum absolute atomic E-state index is 10.0. The molecule has 1 aliphatic carbocycles. The van der Waals surface area contributed by atoms with Gasteiger partial charge in [-0.3, -0.25) is 4.90 Å². The smallest absolute Gasteiger partial charge is 0.119 e. The van der Waals surface area contributed by atoms with Crippen LogP contribution in [-0.2, 0) is 6.42 Å². The standard InChI is InChI=1S/C29H33NO3/c31-24-9-4-21(5-10-24)27-14-8-23-20-25(32)11-15-28(23)29(27)22-6-12-26(13-7-22)33-19-18-30-16-2-1-3-17-30/h4-7,9-13,15,20,27,29,31-32H,1-3,8,14,16-19H2/t27?,29-/m1/s1. The summed E-state index contributed by atoms with van der Waals surface area (Å²) in [5.74, 6) is 2.05. The lowest BCUT2D eigenvalue weighted by atomic mass is 9.69. The Hall–Kier alpha value is -2.98. The predicted molar refractivity (Wildman–Crippen MR) is 131 cm³/mol. The number of benzene rings is 3. The summed E-state index contributed by atoms with van der Waals surface area (Å²) in [4.78, 5) is 2.49. The minimum absolute atomic E-state index is 0.196. The first-order valence-electron chi connectivity index (χ1n) is 12.2. The van der Waals surface area contributed by atoms with Crippen LogP contribution in [0.3, 0.4) is 0 Å². The van der Waals surface area contributed by atoms with Crippen molar-refractivity contribution in [3.63, 3.8) is 0 Å². The van der Waals surface area contributed by atoms with Gasteiger partial charge in [0.05, 0.1) is 0 Å². The van der Waals surface area contributed by atoms with Crippen LogP contribution < -0.4 is 4.74 Å². The first-order chi connectivity index (χ1) is 16.2. The third-order valence-corrected chi connectivity index (χ3v) is 7.27. The Balaban J connectivity index is 1.36. The van der Waals surface area contributed by atoms with Gasteiger partial charge in [0.1, 0.15) is 23.9 Å². The monoisotopic (exact) mass is 443 g/mol. The Kier molecular flexibility index (Phi) is 6.54. The summed E-state index contributed by atoms with van der Waals surface area (Å²) in [5.41, 5.74) is 4.98. The molecule has 1 heterocycles. The molecule has 2 N–H and O–H groups in total. The van der Waals surface area contributed by atoms with Gasteiger partial charge in [0.25, 0.3) is 0 Å². The molecule has 2 atom stereocenters. The first kappa shape index (κ1) is 21.8. The molecule has 0 amide bonds. The summed E-state index contributed by atoms with van der Waals surface area (Å²) in [7, 11) is 0. The summed E-state index contributed by atoms with van der Waals surface area (Å²) in [5, 5.41) is 19.8. The number of nitrogens with zero attached hydrogens (tertiary/aromatic N) is 1. The van der Waals surface area contributed by atoms with Crippen LogP contribution in [0.1, 0.15) is 59.8 Å². The second-order valence-electron chi connectivity index (χ2n) is 9.42. The minimum atomic E-state index is 0.196. The van der Waals surface area contributed by atoms with Gasteiger partial charge in [0, 0.05) is 12.5 Å². The molecule has 1 unspecified atom stereocenters. The highest BCUT2D eigenvalue weighted by atomic mass is 16.5. The molecule has 1 fully saturated rings. The fourth-order valence-corrected chi connectivity index (χ4v) is 5.55. The Labute approximate surface area is 196 Å². The number of aryl methyl sites for hydroxylation is 1. The number of piperidine rings is 1. The molecule has 1 saturated heterocycles. The number of aromatic hydroxyl groups is 2. The largest absolute Gasteiger partial charge is 0.508 e. The van der Waals surface area contributed by atoms with Gasteiger partial charge in [-0.15, -0.1) is 0 Å². The van der Waals surface area contributed by atoms with Gasteiger partial charge in [0.15, 0.2) is 0 Å². The molecule has 0 bridgehead atoms. The highest BCUT2D eigenvalue weighted by Gasteiger charge is 2.32. The van der Waals surface area contributed by atoms with Crippen molar-refractivity contribution in [1.82, 2.24) is 4.90 Å². The molecule has 33 heavy (non-hydrogen) atoms. The summed E-state index contributed by atoms with van der Waals surface area (Å²) in [6.07, 6.45) is 5.90. The van der Waals surface area contributed by atoms with Gasteiger partial charge < -0.3 is 14.9 Å². The van der Waals surface area contributed by atoms with E-state index in [0.29, 0.717) is 17.4 Å². The van der Waals surface area contributed by atoms with Crippen molar-refractivity contribution in [2.75, 3.05) is 26.2 Å². The Bertz CT molecular complexity index is 1060. The minimum Gasteiger partial charge on any atom is -0.508 e. The Morgan fingerprint density at radius 1 is 0.788 bits per heavy atom. The van der Waals surface area contributed by atoms with Gasteiger partial charge in [-0.1, -0.05) is 36.8 Å². The molecular formula is C29H33NO3. The zero-order valence-corrected chi connectivity index (χ0v) is 19.1. The highest BCUT2D eigenvalue weighted by Crippen LogP contribution is 2.47. The lowest BCUT2D eigenvalue weighted by Crippen LogP contribution is -2.33. The normalized spacial score (nSPS) is 20.8. The fraction of sp³-hybridized carbons (Fsp3) is 0.379. The zero-order valence-electron chi connectivity index (χ0n) is 19.1. The van der Waals surface area contributed by atoms with E-state index in [0.717, 1.165) is 31.7 Å². The molecule has 0 saturated carbocycles. The van der Waals surface area contributed by atoms with Crippen LogP contribution in [0.2, 0.25) is 0 Å². The van der Waals surface area contributed by atoms with Crippen LogP contribution in [0.15, 0.2) is 66.7 Å². The van der Waals surface area contributed by atoms with Crippen LogP contribution in [0.4, 0.5) is 0 Å². The van der Waals surface area contributed by atoms with Crippen molar-refractivity contribution in [1.29, 1.82) is 0 Å². The quantitative estimate of drug-likeness (QED) is 0.504. The average Bonchev–Trinajstić information content (AvgIpc) is 2.85. The predicted octanol–water partition coefficient (Wildman–Crippen LogP) is 5.82. The Morgan fingerprint density at radius 2 is 1.48 bits per heavy atom. The van der Waals surface area contributed by atoms with Crippen molar-refractivity contribution >= 4 is 0 Å². The molecule has 1 aliphatic heterocycles. The van der Waals surface area contributed by atoms with Gasteiger partial charge >= 0.3 is 0 Å². The molecule has 4 nitrogen and oxygen atoms in total. The van der Waals surface area contributed by atoms with Crippen molar-refractivity contribution in [2.24, 2.45) is 0 Å². The number of rotatable bonds is 6. The van der Waals surface area contributed by atoms with E-state index in [1.54, 1.807) is 18.2 Å². The SMILES string of the molecule is Oc1ccc(C2CCc3cc(O)ccc3[C@@H]2c2ccc(OCCN3CCCCC3)cc2)cc1. The summed E-state index contributed by atoms with van der Waals surface area (Å²) in [6, 6.07) is 22.0. The molecule has 0 aromatic heterocycles. The number of hydrogen-bond acceptors (Lipinski definition) is 4. The van der Waals surface area contributed by atoms with Gasteiger partial charge in [-0.25, -0.2) is 0 Å². The van der Waals surface area contributed by atoms with Crippen LogP contribution in [0.5, 0.6) is 17.2 Å². The average molecular weight is 444 g/mol. The Morgan fingerprint density at radius 3 is 2.24 bits per heavy atom. The van der Waals surface area contributed by atoms with E-state index in [2.05, 4.69) is 35.2 Å². The molecule has 172 valence electrons. The topological polar surface area (TPSA) is 52.9 Å². The summed E-state index contributed by atoms with van der Waals surface area (Å²) < 4.78 is 6.06. The van der Waals surface area contributed by atoms with Gasteiger partial charge in [-0.2, -0.15) is 0 Å². The molecule has 0 spiro atoms. The maximum Gasteiger partial charge on any atom is 0.119 e. The number of likely N-dealkylation sites (tertiary alicyclic amines) is 1. The van der Waals surface area contributed by atoms with Crippen LogP contribution in [-0.4, -0.2) is 41.4 Å². The molecule has 2 aliphatic rings. The van der Waals surface area contributed by atoms with Crippen molar-refractivity contribution in [2.45, 2.75) is 43.9 Å². The number of phenolic OH excluding ortho intramolecular Hbond substituents is 2. The summed E-state index contributed by atoms with van der Waals surface area (Å²) >= 11 is 0. The second-order valence-corrected chi connectivity index (χ2v) is 9.42. The molecule has 0 radical (unpaired) electrons. The lowest BCUT2D eigenvalue weighted by Gasteiger charge is -2.35. The van der Waals surface area contributed by atoms with Crippen molar-refractivity contribution in [3.8, 4) is 17.2 Å². The third kappa shape index (κ3) is 5.01. The second kappa shape index (κ2) is 9.88. The van der Waals surface area contributed by atoms with Gasteiger partial charge in [-0.05, 0) is 103 Å². The third-order valence-electron chi connectivity index (χ3n) is 7.27. The van der Waals surface area contributed by atoms with E-state index in [1.807, 2.05) is 18.2 Å². The van der Waals surface area contributed by atoms with E-state index >= 15 is 0 Å². The van der Waals surface area contributed by atoms with Crippen LogP contribution in [0, 0.1) is 0 Å². The van der Waals surface area contributed by atoms with E-state index in [9.17, 15) is 10.2 Å². The van der Waals surface area contributed by atoms with E-state index in [1.165, 1.54) is 54.6 Å². The fourth-order valence-electron chi connectivity index (χ4n) is 5.55. The zero-order chi connectivity index (χ0) is 22.6. The van der Waals surface area contributed by atoms with Crippen LogP contribution in [0.25, 0.3) is 0 Å². The molecule has 4 heteroatoms. The molecule has 3 aromatic carbocycles. The number of phenols is 2. The van der Waals surface area contributed by atoms with Crippen molar-refractivity contribution in [3.05, 3.63) is 89.0 Å². The van der Waals surface area contributed by atoms with Gasteiger partial charge in [0.2, 0.25) is 0 Å². The number of hydrogen-bond donors (Lipinski definition) is 2. The first-order valence-corrected chi connectivity index (χ1v) is 12.2. The number of fused-ring (bicyclic) bond motifs is 1. The maximum atomic E-state index is 10.0. The number of ether oxygens (including phenoxy) is 1. The lowest BCUT2D eigenvalue weighted by molar-refractivity contribution is 0.183. The van der Waals surface area contributed by atoms with E-state index < -0.39 is 0 Å². The molecule has 5 rings (SSSR count). The van der Waals surface area contributed by atoms with E-state index in [4.69, 9.17) is 4.74 Å².